The van der Waals surface area contributed by atoms with E-state index in [1.165, 1.54) is 6.07 Å². The van der Waals surface area contributed by atoms with E-state index in [9.17, 15) is 9.18 Å². The molecule has 1 saturated heterocycles. The average molecular weight is 520 g/mol. The molecule has 1 fully saturated rings. The average Bonchev–Trinajstić information content (AvgIpc) is 3.53. The molecule has 2 heterocycles. The first-order valence-electron chi connectivity index (χ1n) is 12.2. The maximum Gasteiger partial charge on any atom is 0.255 e. The van der Waals surface area contributed by atoms with Crippen LogP contribution >= 0.6 is 11.6 Å². The number of benzene rings is 3. The Balaban J connectivity index is 1.58. The fourth-order valence-corrected chi connectivity index (χ4v) is 4.75. The highest BCUT2D eigenvalue weighted by molar-refractivity contribution is 6.33. The van der Waals surface area contributed by atoms with E-state index in [1.807, 2.05) is 30.3 Å². The van der Waals surface area contributed by atoms with Crippen LogP contribution in [0.25, 0.3) is 11.3 Å². The topological polar surface area (TPSA) is 56.6 Å². The first kappa shape index (κ1) is 25.0. The van der Waals surface area contributed by atoms with Crippen molar-refractivity contribution in [3.8, 4) is 22.9 Å². The van der Waals surface area contributed by atoms with Crippen LogP contribution in [0.2, 0.25) is 5.02 Å². The van der Waals surface area contributed by atoms with Gasteiger partial charge in [-0.25, -0.2) is 9.07 Å². The SMILES string of the molecule is Cn1nc(-c2ccccc2)c(CN(C[C@@H]2CCCO2)C(=O)c2ccccc2Cl)c1Oc1ccccc1F. The molecule has 0 spiro atoms. The summed E-state index contributed by atoms with van der Waals surface area (Å²) in [6, 6.07) is 22.9. The number of hydrogen-bond acceptors (Lipinski definition) is 4. The number of para-hydroxylation sites is 1. The predicted octanol–water partition coefficient (Wildman–Crippen LogP) is 6.49. The minimum atomic E-state index is -0.487. The molecule has 8 heteroatoms. The Morgan fingerprint density at radius 2 is 1.84 bits per heavy atom. The largest absolute Gasteiger partial charge is 0.436 e. The molecule has 0 N–H and O–H groups in total. The molecule has 0 unspecified atom stereocenters. The molecule has 0 radical (unpaired) electrons. The van der Waals surface area contributed by atoms with Crippen LogP contribution in [0.3, 0.4) is 0 Å². The third kappa shape index (κ3) is 5.53. The van der Waals surface area contributed by atoms with E-state index in [-0.39, 0.29) is 24.3 Å². The van der Waals surface area contributed by atoms with Crippen LogP contribution in [0.1, 0.15) is 28.8 Å². The van der Waals surface area contributed by atoms with E-state index in [2.05, 4.69) is 0 Å². The predicted molar refractivity (Wildman–Crippen MR) is 140 cm³/mol. The number of carbonyl (C=O) groups excluding carboxylic acids is 1. The molecular weight excluding hydrogens is 493 g/mol. The van der Waals surface area contributed by atoms with Crippen LogP contribution in [-0.4, -0.2) is 39.8 Å². The minimum absolute atomic E-state index is 0.0782. The molecule has 0 aliphatic carbocycles. The van der Waals surface area contributed by atoms with Gasteiger partial charge in [0.15, 0.2) is 11.6 Å². The molecule has 190 valence electrons. The van der Waals surface area contributed by atoms with E-state index in [0.29, 0.717) is 40.9 Å². The van der Waals surface area contributed by atoms with Crippen molar-refractivity contribution in [3.05, 3.63) is 101 Å². The van der Waals surface area contributed by atoms with Crippen molar-refractivity contribution in [1.82, 2.24) is 14.7 Å². The highest BCUT2D eigenvalue weighted by Gasteiger charge is 2.29. The second-order valence-electron chi connectivity index (χ2n) is 8.95. The molecule has 3 aromatic carbocycles. The first-order valence-corrected chi connectivity index (χ1v) is 12.6. The first-order chi connectivity index (χ1) is 18.0. The highest BCUT2D eigenvalue weighted by atomic mass is 35.5. The zero-order valence-corrected chi connectivity index (χ0v) is 21.2. The van der Waals surface area contributed by atoms with Gasteiger partial charge < -0.3 is 14.4 Å². The summed E-state index contributed by atoms with van der Waals surface area (Å²) in [6.07, 6.45) is 1.73. The van der Waals surface area contributed by atoms with Gasteiger partial charge in [0.05, 0.1) is 28.8 Å². The normalized spacial score (nSPS) is 15.1. The summed E-state index contributed by atoms with van der Waals surface area (Å²) >= 11 is 6.41. The summed E-state index contributed by atoms with van der Waals surface area (Å²) in [5, 5.41) is 5.09. The van der Waals surface area contributed by atoms with Crippen LogP contribution in [-0.2, 0) is 18.3 Å². The second kappa shape index (κ2) is 11.2. The van der Waals surface area contributed by atoms with Gasteiger partial charge in [0.25, 0.3) is 5.91 Å². The van der Waals surface area contributed by atoms with Crippen LogP contribution in [0.4, 0.5) is 4.39 Å². The molecule has 6 nitrogen and oxygen atoms in total. The Kier molecular flexibility index (Phi) is 7.53. The molecule has 1 aliphatic heterocycles. The van der Waals surface area contributed by atoms with Gasteiger partial charge in [-0.15, -0.1) is 0 Å². The quantitative estimate of drug-likeness (QED) is 0.267. The number of nitrogens with zero attached hydrogens (tertiary/aromatic N) is 3. The number of hydrogen-bond donors (Lipinski definition) is 0. The maximum absolute atomic E-state index is 14.5. The fraction of sp³-hybridized carbons (Fsp3) is 0.241. The fourth-order valence-electron chi connectivity index (χ4n) is 4.53. The summed E-state index contributed by atoms with van der Waals surface area (Å²) in [7, 11) is 1.74. The zero-order valence-electron chi connectivity index (χ0n) is 20.4. The lowest BCUT2D eigenvalue weighted by Gasteiger charge is -2.26. The Bertz CT molecular complexity index is 1390. The van der Waals surface area contributed by atoms with Gasteiger partial charge in [0.2, 0.25) is 5.88 Å². The molecule has 1 aromatic heterocycles. The number of halogens is 2. The number of carbonyl (C=O) groups is 1. The highest BCUT2D eigenvalue weighted by Crippen LogP contribution is 2.35. The minimum Gasteiger partial charge on any atom is -0.436 e. The molecule has 0 saturated carbocycles. The number of aromatic nitrogens is 2. The Morgan fingerprint density at radius 1 is 1.11 bits per heavy atom. The van der Waals surface area contributed by atoms with Crippen molar-refractivity contribution in [3.63, 3.8) is 0 Å². The van der Waals surface area contributed by atoms with Crippen LogP contribution in [0.15, 0.2) is 78.9 Å². The van der Waals surface area contributed by atoms with Crippen LogP contribution in [0.5, 0.6) is 11.6 Å². The molecule has 1 aliphatic rings. The van der Waals surface area contributed by atoms with Gasteiger partial charge in [-0.05, 0) is 37.1 Å². The summed E-state index contributed by atoms with van der Waals surface area (Å²) in [6.45, 7) is 1.22. The van der Waals surface area contributed by atoms with Gasteiger partial charge in [0.1, 0.15) is 5.69 Å². The van der Waals surface area contributed by atoms with Crippen molar-refractivity contribution in [2.45, 2.75) is 25.5 Å². The van der Waals surface area contributed by atoms with Gasteiger partial charge >= 0.3 is 0 Å². The Morgan fingerprint density at radius 3 is 2.57 bits per heavy atom. The lowest BCUT2D eigenvalue weighted by molar-refractivity contribution is 0.0506. The second-order valence-corrected chi connectivity index (χ2v) is 9.36. The van der Waals surface area contributed by atoms with E-state index < -0.39 is 5.82 Å². The van der Waals surface area contributed by atoms with Crippen molar-refractivity contribution in [1.29, 1.82) is 0 Å². The molecule has 0 bridgehead atoms. The standard InChI is InChI=1S/C29H27ClFN3O3/c1-33-29(37-26-16-8-7-15-25(26)31)23(27(32-33)20-10-3-2-4-11-20)19-34(18-21-12-9-17-36-21)28(35)22-13-5-6-14-24(22)30/h2-8,10-11,13-16,21H,9,12,17-19H2,1H3/t21-/m0/s1. The van der Waals surface area contributed by atoms with Gasteiger partial charge in [-0.3, -0.25) is 4.79 Å². The zero-order chi connectivity index (χ0) is 25.8. The lowest BCUT2D eigenvalue weighted by atomic mass is 10.1. The molecule has 4 aromatic rings. The third-order valence-corrected chi connectivity index (χ3v) is 6.70. The van der Waals surface area contributed by atoms with E-state index in [0.717, 1.165) is 18.4 Å². The molecule has 37 heavy (non-hydrogen) atoms. The molecule has 1 amide bonds. The van der Waals surface area contributed by atoms with Gasteiger partial charge in [0, 0.05) is 25.8 Å². The molecule has 5 rings (SSSR count). The lowest BCUT2D eigenvalue weighted by Crippen LogP contribution is -2.37. The van der Waals surface area contributed by atoms with Crippen molar-refractivity contribution >= 4 is 17.5 Å². The van der Waals surface area contributed by atoms with E-state index >= 15 is 0 Å². The molecule has 1 atom stereocenters. The monoisotopic (exact) mass is 519 g/mol. The number of rotatable bonds is 8. The van der Waals surface area contributed by atoms with Crippen molar-refractivity contribution < 1.29 is 18.7 Å². The van der Waals surface area contributed by atoms with Crippen molar-refractivity contribution in [2.24, 2.45) is 7.05 Å². The van der Waals surface area contributed by atoms with Crippen LogP contribution in [0, 0.1) is 5.82 Å². The van der Waals surface area contributed by atoms with Gasteiger partial charge in [-0.1, -0.05) is 66.2 Å². The number of ether oxygens (including phenoxy) is 2. The van der Waals surface area contributed by atoms with Gasteiger partial charge in [-0.2, -0.15) is 5.10 Å². The smallest absolute Gasteiger partial charge is 0.255 e. The Hall–Kier alpha value is -3.68. The van der Waals surface area contributed by atoms with E-state index in [1.54, 1.807) is 59.1 Å². The summed E-state index contributed by atoms with van der Waals surface area (Å²) in [5.74, 6) is -0.275. The molecular formula is C29H27ClFN3O3. The van der Waals surface area contributed by atoms with E-state index in [4.69, 9.17) is 26.2 Å². The van der Waals surface area contributed by atoms with Crippen LogP contribution < -0.4 is 4.74 Å². The summed E-state index contributed by atoms with van der Waals surface area (Å²) in [4.78, 5) is 15.5. The van der Waals surface area contributed by atoms with Crippen molar-refractivity contribution in [2.75, 3.05) is 13.2 Å². The maximum atomic E-state index is 14.5. The summed E-state index contributed by atoms with van der Waals surface area (Å²) < 4.78 is 28.1. The number of amides is 1. The Labute approximate surface area is 220 Å². The number of aryl methyl sites for hydroxylation is 1. The third-order valence-electron chi connectivity index (χ3n) is 6.37. The summed E-state index contributed by atoms with van der Waals surface area (Å²) in [5.41, 5.74) is 2.58.